The zero-order valence-electron chi connectivity index (χ0n) is 10.5. The van der Waals surface area contributed by atoms with Gasteiger partial charge in [-0.05, 0) is 43.9 Å². The molecule has 0 amide bonds. The fourth-order valence-corrected chi connectivity index (χ4v) is 2.45. The molecule has 1 heterocycles. The number of hydrogen-bond donors (Lipinski definition) is 1. The molecule has 3 heteroatoms. The highest BCUT2D eigenvalue weighted by Gasteiger charge is 2.26. The molecule has 1 saturated heterocycles. The van der Waals surface area contributed by atoms with Gasteiger partial charge in [-0.3, -0.25) is 0 Å². The summed E-state index contributed by atoms with van der Waals surface area (Å²) in [7, 11) is 0. The van der Waals surface area contributed by atoms with Crippen molar-refractivity contribution in [3.8, 4) is 6.07 Å². The molecule has 0 saturated carbocycles. The molecule has 2 rings (SSSR count). The fourth-order valence-electron chi connectivity index (χ4n) is 2.45. The Kier molecular flexibility index (Phi) is 3.35. The lowest BCUT2D eigenvalue weighted by Crippen LogP contribution is -2.29. The molecule has 0 bridgehead atoms. The summed E-state index contributed by atoms with van der Waals surface area (Å²) in [6, 6.07) is 8.59. The highest BCUT2D eigenvalue weighted by Crippen LogP contribution is 2.28. The molecule has 1 fully saturated rings. The Morgan fingerprint density at radius 2 is 2.29 bits per heavy atom. The molecule has 17 heavy (non-hydrogen) atoms. The third-order valence-corrected chi connectivity index (χ3v) is 3.58. The van der Waals surface area contributed by atoms with Crippen molar-refractivity contribution >= 4 is 5.69 Å². The lowest BCUT2D eigenvalue weighted by Gasteiger charge is -2.21. The topological polar surface area (TPSA) is 53.0 Å². The standard InChI is InChI=1S/C14H19N3/c1-10-3-4-14(13(7-10)8-15)17-6-5-12(9-17)11(2)16/h3-4,7,11-12H,5-6,9,16H2,1-2H3. The van der Waals surface area contributed by atoms with E-state index in [1.54, 1.807) is 0 Å². The molecule has 0 aromatic heterocycles. The van der Waals surface area contributed by atoms with E-state index in [0.29, 0.717) is 5.92 Å². The van der Waals surface area contributed by atoms with Crippen LogP contribution in [-0.2, 0) is 0 Å². The number of benzene rings is 1. The first kappa shape index (κ1) is 11.9. The second-order valence-electron chi connectivity index (χ2n) is 4.99. The summed E-state index contributed by atoms with van der Waals surface area (Å²) in [6.45, 7) is 6.05. The minimum atomic E-state index is 0.232. The molecule has 0 radical (unpaired) electrons. The maximum absolute atomic E-state index is 9.18. The lowest BCUT2D eigenvalue weighted by molar-refractivity contribution is 0.488. The van der Waals surface area contributed by atoms with Gasteiger partial charge in [0.1, 0.15) is 6.07 Å². The molecule has 1 aliphatic heterocycles. The van der Waals surface area contributed by atoms with Crippen LogP contribution in [0.4, 0.5) is 5.69 Å². The van der Waals surface area contributed by atoms with Crippen LogP contribution in [0.1, 0.15) is 24.5 Å². The van der Waals surface area contributed by atoms with Crippen molar-refractivity contribution in [2.45, 2.75) is 26.3 Å². The van der Waals surface area contributed by atoms with Gasteiger partial charge in [-0.15, -0.1) is 0 Å². The predicted octanol–water partition coefficient (Wildman–Crippen LogP) is 2.04. The van der Waals surface area contributed by atoms with Crippen molar-refractivity contribution in [2.24, 2.45) is 11.7 Å². The Morgan fingerprint density at radius 1 is 1.53 bits per heavy atom. The van der Waals surface area contributed by atoms with Crippen molar-refractivity contribution in [1.29, 1.82) is 5.26 Å². The van der Waals surface area contributed by atoms with Gasteiger partial charge in [0.25, 0.3) is 0 Å². The first-order valence-corrected chi connectivity index (χ1v) is 6.13. The second kappa shape index (κ2) is 4.77. The van der Waals surface area contributed by atoms with Gasteiger partial charge in [0.05, 0.1) is 11.3 Å². The maximum Gasteiger partial charge on any atom is 0.101 e. The number of anilines is 1. The van der Waals surface area contributed by atoms with E-state index < -0.39 is 0 Å². The Balaban J connectivity index is 2.22. The molecule has 1 aromatic rings. The van der Waals surface area contributed by atoms with Gasteiger partial charge in [-0.1, -0.05) is 6.07 Å². The van der Waals surface area contributed by atoms with Crippen molar-refractivity contribution in [3.63, 3.8) is 0 Å². The highest BCUT2D eigenvalue weighted by atomic mass is 15.2. The molecule has 3 nitrogen and oxygen atoms in total. The summed E-state index contributed by atoms with van der Waals surface area (Å²) in [5.41, 5.74) is 8.90. The number of aryl methyl sites for hydroxylation is 1. The van der Waals surface area contributed by atoms with Crippen LogP contribution in [0.3, 0.4) is 0 Å². The summed E-state index contributed by atoms with van der Waals surface area (Å²) in [4.78, 5) is 2.28. The van der Waals surface area contributed by atoms with Crippen LogP contribution in [0.5, 0.6) is 0 Å². The van der Waals surface area contributed by atoms with Crippen molar-refractivity contribution < 1.29 is 0 Å². The van der Waals surface area contributed by atoms with Crippen LogP contribution in [0, 0.1) is 24.2 Å². The fraction of sp³-hybridized carbons (Fsp3) is 0.500. The number of nitrogens with zero attached hydrogens (tertiary/aromatic N) is 2. The number of nitriles is 1. The van der Waals surface area contributed by atoms with Crippen LogP contribution < -0.4 is 10.6 Å². The second-order valence-corrected chi connectivity index (χ2v) is 4.99. The van der Waals surface area contributed by atoms with Crippen LogP contribution in [0.2, 0.25) is 0 Å². The summed E-state index contributed by atoms with van der Waals surface area (Å²) in [5.74, 6) is 0.544. The van der Waals surface area contributed by atoms with Crippen LogP contribution in [0.25, 0.3) is 0 Å². The van der Waals surface area contributed by atoms with Gasteiger partial charge in [0, 0.05) is 19.1 Å². The molecule has 1 aromatic carbocycles. The zero-order chi connectivity index (χ0) is 12.4. The molecule has 2 unspecified atom stereocenters. The number of rotatable bonds is 2. The van der Waals surface area contributed by atoms with E-state index in [4.69, 9.17) is 5.73 Å². The van der Waals surface area contributed by atoms with E-state index in [1.807, 2.05) is 13.0 Å². The molecule has 2 atom stereocenters. The predicted molar refractivity (Wildman–Crippen MR) is 69.9 cm³/mol. The summed E-state index contributed by atoms with van der Waals surface area (Å²) < 4.78 is 0. The Morgan fingerprint density at radius 3 is 2.88 bits per heavy atom. The quantitative estimate of drug-likeness (QED) is 0.844. The average Bonchev–Trinajstić information content (AvgIpc) is 2.78. The van der Waals surface area contributed by atoms with Crippen molar-refractivity contribution in [3.05, 3.63) is 29.3 Å². The first-order chi connectivity index (χ1) is 8.11. The van der Waals surface area contributed by atoms with E-state index in [2.05, 4.69) is 30.0 Å². The van der Waals surface area contributed by atoms with E-state index in [9.17, 15) is 5.26 Å². The number of nitrogens with two attached hydrogens (primary N) is 1. The normalized spacial score (nSPS) is 21.3. The molecule has 1 aliphatic rings. The monoisotopic (exact) mass is 229 g/mol. The average molecular weight is 229 g/mol. The van der Waals surface area contributed by atoms with E-state index >= 15 is 0 Å². The maximum atomic E-state index is 9.18. The third-order valence-electron chi connectivity index (χ3n) is 3.58. The van der Waals surface area contributed by atoms with E-state index in [1.165, 1.54) is 0 Å². The van der Waals surface area contributed by atoms with Crippen LogP contribution >= 0.6 is 0 Å². The lowest BCUT2D eigenvalue weighted by atomic mass is 10.0. The Bertz CT molecular complexity index is 445. The molecular weight excluding hydrogens is 210 g/mol. The molecule has 0 aliphatic carbocycles. The summed E-state index contributed by atoms with van der Waals surface area (Å²) in [6.07, 6.45) is 1.12. The Labute approximate surface area is 103 Å². The van der Waals surface area contributed by atoms with E-state index in [-0.39, 0.29) is 6.04 Å². The third kappa shape index (κ3) is 2.42. The number of hydrogen-bond acceptors (Lipinski definition) is 3. The summed E-state index contributed by atoms with van der Waals surface area (Å²) in [5, 5.41) is 9.18. The van der Waals surface area contributed by atoms with Crippen molar-refractivity contribution in [2.75, 3.05) is 18.0 Å². The smallest absolute Gasteiger partial charge is 0.101 e. The van der Waals surface area contributed by atoms with Crippen molar-refractivity contribution in [1.82, 2.24) is 0 Å². The SMILES string of the molecule is Cc1ccc(N2CCC(C(C)N)C2)c(C#N)c1. The van der Waals surface area contributed by atoms with Gasteiger partial charge in [-0.2, -0.15) is 5.26 Å². The molecule has 90 valence electrons. The molecule has 2 N–H and O–H groups in total. The minimum Gasteiger partial charge on any atom is -0.370 e. The van der Waals surface area contributed by atoms with Crippen LogP contribution in [0.15, 0.2) is 18.2 Å². The Hall–Kier alpha value is -1.53. The van der Waals surface area contributed by atoms with Gasteiger partial charge >= 0.3 is 0 Å². The first-order valence-electron chi connectivity index (χ1n) is 6.13. The highest BCUT2D eigenvalue weighted by molar-refractivity contribution is 5.61. The minimum absolute atomic E-state index is 0.232. The summed E-state index contributed by atoms with van der Waals surface area (Å²) >= 11 is 0. The van der Waals surface area contributed by atoms with Gasteiger partial charge in [0.15, 0.2) is 0 Å². The largest absolute Gasteiger partial charge is 0.370 e. The van der Waals surface area contributed by atoms with E-state index in [0.717, 1.165) is 36.3 Å². The molecule has 0 spiro atoms. The van der Waals surface area contributed by atoms with Crippen LogP contribution in [-0.4, -0.2) is 19.1 Å². The molecular formula is C14H19N3. The van der Waals surface area contributed by atoms with Gasteiger partial charge in [0.2, 0.25) is 0 Å². The van der Waals surface area contributed by atoms with Gasteiger partial charge < -0.3 is 10.6 Å². The zero-order valence-corrected chi connectivity index (χ0v) is 10.5. The van der Waals surface area contributed by atoms with Gasteiger partial charge in [-0.25, -0.2) is 0 Å².